The van der Waals surface area contributed by atoms with Crippen LogP contribution in [0.4, 0.5) is 0 Å². The Bertz CT molecular complexity index is 986. The van der Waals surface area contributed by atoms with Crippen LogP contribution < -0.4 is 15.9 Å². The normalized spacial score (nSPS) is 13.8. The maximum atomic E-state index is 8.11. The fourth-order valence-electron chi connectivity index (χ4n) is 4.37. The van der Waals surface area contributed by atoms with Crippen LogP contribution in [-0.2, 0) is 11.2 Å². The molecule has 0 radical (unpaired) electrons. The standard InChI is InChI=1S/C28H28ClOP/c1-24(30-23-22-25-14-6-2-7-15-25)31(29,26-16-8-3-9-17-26,27-18-10-4-11-19-27)28-20-12-5-13-21-28/h2-21,24H,22-23H2,1H3. The van der Waals surface area contributed by atoms with Crippen molar-refractivity contribution in [2.45, 2.75) is 19.2 Å². The van der Waals surface area contributed by atoms with E-state index < -0.39 is 5.96 Å². The minimum atomic E-state index is -3.43. The Morgan fingerprint density at radius 1 is 0.613 bits per heavy atom. The van der Waals surface area contributed by atoms with Crippen molar-refractivity contribution >= 4 is 33.1 Å². The Hall–Kier alpha value is -2.44. The topological polar surface area (TPSA) is 9.23 Å². The first-order chi connectivity index (χ1) is 15.1. The van der Waals surface area contributed by atoms with Gasteiger partial charge in [0.25, 0.3) is 0 Å². The molecule has 1 nitrogen and oxygen atoms in total. The van der Waals surface area contributed by atoms with E-state index >= 15 is 0 Å². The number of rotatable bonds is 8. The Morgan fingerprint density at radius 2 is 0.968 bits per heavy atom. The zero-order chi connectivity index (χ0) is 21.6. The molecule has 4 aromatic carbocycles. The molecule has 0 aliphatic carbocycles. The first-order valence-electron chi connectivity index (χ1n) is 10.7. The third-order valence-corrected chi connectivity index (χ3v) is 14.1. The van der Waals surface area contributed by atoms with Crippen LogP contribution in [0.25, 0.3) is 0 Å². The molecule has 0 aromatic heterocycles. The number of halogens is 1. The fraction of sp³-hybridized carbons (Fsp3) is 0.143. The third kappa shape index (κ3) is 3.94. The van der Waals surface area contributed by atoms with E-state index in [1.807, 2.05) is 24.3 Å². The van der Waals surface area contributed by atoms with Gasteiger partial charge < -0.3 is 0 Å². The Labute approximate surface area is 190 Å². The zero-order valence-electron chi connectivity index (χ0n) is 17.8. The van der Waals surface area contributed by atoms with Crippen LogP contribution in [-0.4, -0.2) is 12.5 Å². The van der Waals surface area contributed by atoms with Crippen molar-refractivity contribution < 1.29 is 4.74 Å². The van der Waals surface area contributed by atoms with Crippen molar-refractivity contribution in [3.63, 3.8) is 0 Å². The van der Waals surface area contributed by atoms with Gasteiger partial charge >= 0.3 is 191 Å². The predicted octanol–water partition coefficient (Wildman–Crippen LogP) is 6.28. The summed E-state index contributed by atoms with van der Waals surface area (Å²) in [5.41, 5.74) is 1.27. The van der Waals surface area contributed by atoms with Gasteiger partial charge in [0.2, 0.25) is 0 Å². The summed E-state index contributed by atoms with van der Waals surface area (Å²) in [7, 11) is 0. The van der Waals surface area contributed by atoms with Crippen molar-refractivity contribution in [3.8, 4) is 0 Å². The second-order valence-corrected chi connectivity index (χ2v) is 14.3. The molecule has 0 saturated heterocycles. The minimum absolute atomic E-state index is 0.205. The molecule has 0 spiro atoms. The molecule has 1 unspecified atom stereocenters. The molecule has 4 aromatic rings. The van der Waals surface area contributed by atoms with E-state index in [1.165, 1.54) is 5.56 Å². The van der Waals surface area contributed by atoms with Crippen molar-refractivity contribution in [3.05, 3.63) is 127 Å². The first kappa shape index (κ1) is 21.8. The van der Waals surface area contributed by atoms with E-state index in [2.05, 4.69) is 104 Å². The van der Waals surface area contributed by atoms with Gasteiger partial charge in [0.05, 0.1) is 0 Å². The van der Waals surface area contributed by atoms with Crippen molar-refractivity contribution in [2.75, 3.05) is 6.61 Å². The second kappa shape index (κ2) is 9.37. The van der Waals surface area contributed by atoms with Crippen LogP contribution in [0.2, 0.25) is 0 Å². The molecule has 0 aliphatic rings. The summed E-state index contributed by atoms with van der Waals surface area (Å²) in [5.74, 6) is -3.64. The Kier molecular flexibility index (Phi) is 6.58. The summed E-state index contributed by atoms with van der Waals surface area (Å²) in [6.45, 7) is 2.76. The number of hydrogen-bond donors (Lipinski definition) is 0. The van der Waals surface area contributed by atoms with Crippen LogP contribution in [0.15, 0.2) is 121 Å². The van der Waals surface area contributed by atoms with E-state index in [1.54, 1.807) is 0 Å². The van der Waals surface area contributed by atoms with Gasteiger partial charge in [-0.25, -0.2) is 0 Å². The summed E-state index contributed by atoms with van der Waals surface area (Å²) in [6, 6.07) is 41.9. The van der Waals surface area contributed by atoms with E-state index in [0.29, 0.717) is 6.61 Å². The molecule has 31 heavy (non-hydrogen) atoms. The monoisotopic (exact) mass is 446 g/mol. The van der Waals surface area contributed by atoms with E-state index in [9.17, 15) is 0 Å². The molecule has 3 heteroatoms. The van der Waals surface area contributed by atoms with Crippen LogP contribution in [0.3, 0.4) is 0 Å². The van der Waals surface area contributed by atoms with Gasteiger partial charge in [0.15, 0.2) is 0 Å². The molecular formula is C28H28ClOP. The van der Waals surface area contributed by atoms with E-state index in [0.717, 1.165) is 22.3 Å². The molecule has 0 heterocycles. The van der Waals surface area contributed by atoms with E-state index in [4.69, 9.17) is 16.0 Å². The zero-order valence-corrected chi connectivity index (χ0v) is 19.4. The number of ether oxygens (including phenoxy) is 1. The van der Waals surface area contributed by atoms with Crippen LogP contribution in [0.1, 0.15) is 12.5 Å². The predicted molar refractivity (Wildman–Crippen MR) is 137 cm³/mol. The molecule has 0 saturated carbocycles. The fourth-order valence-corrected chi connectivity index (χ4v) is 10.4. The van der Waals surface area contributed by atoms with Crippen LogP contribution >= 0.6 is 17.2 Å². The summed E-state index contributed by atoms with van der Waals surface area (Å²) < 4.78 is 6.60. The summed E-state index contributed by atoms with van der Waals surface area (Å²) in [5, 5.41) is 3.37. The molecule has 0 N–H and O–H groups in total. The van der Waals surface area contributed by atoms with Gasteiger partial charge in [-0.3, -0.25) is 0 Å². The SMILES string of the molecule is CC(OCCc1ccccc1)P(Cl)(c1ccccc1)(c1ccccc1)c1ccccc1. The van der Waals surface area contributed by atoms with Crippen LogP contribution in [0.5, 0.6) is 0 Å². The van der Waals surface area contributed by atoms with Gasteiger partial charge in [-0.2, -0.15) is 0 Å². The average Bonchev–Trinajstić information content (AvgIpc) is 2.86. The quantitative estimate of drug-likeness (QED) is 0.289. The molecular weight excluding hydrogens is 419 g/mol. The van der Waals surface area contributed by atoms with Crippen molar-refractivity contribution in [1.29, 1.82) is 0 Å². The Balaban J connectivity index is 1.84. The Morgan fingerprint density at radius 3 is 1.35 bits per heavy atom. The molecule has 4 rings (SSSR count). The number of hydrogen-bond acceptors (Lipinski definition) is 1. The average molecular weight is 447 g/mol. The van der Waals surface area contributed by atoms with E-state index in [-0.39, 0.29) is 5.85 Å². The van der Waals surface area contributed by atoms with Gasteiger partial charge in [0.1, 0.15) is 0 Å². The first-order valence-corrected chi connectivity index (χ1v) is 13.9. The van der Waals surface area contributed by atoms with Crippen molar-refractivity contribution in [2.24, 2.45) is 0 Å². The molecule has 158 valence electrons. The molecule has 0 aliphatic heterocycles. The maximum absolute atomic E-state index is 8.11. The summed E-state index contributed by atoms with van der Waals surface area (Å²) >= 11 is 8.11. The molecule has 0 amide bonds. The molecule has 1 atom stereocenters. The van der Waals surface area contributed by atoms with Gasteiger partial charge in [0, 0.05) is 0 Å². The van der Waals surface area contributed by atoms with Crippen LogP contribution in [0, 0.1) is 0 Å². The third-order valence-electron chi connectivity index (χ3n) is 6.06. The van der Waals surface area contributed by atoms with Gasteiger partial charge in [-0.15, -0.1) is 0 Å². The molecule has 0 bridgehead atoms. The van der Waals surface area contributed by atoms with Gasteiger partial charge in [-0.1, -0.05) is 0 Å². The second-order valence-electron chi connectivity index (χ2n) is 7.79. The molecule has 0 fully saturated rings. The number of benzene rings is 4. The summed E-state index contributed by atoms with van der Waals surface area (Å²) in [6.07, 6.45) is 0.854. The van der Waals surface area contributed by atoms with Crippen molar-refractivity contribution in [1.82, 2.24) is 0 Å². The summed E-state index contributed by atoms with van der Waals surface area (Å²) in [4.78, 5) is 0. The van der Waals surface area contributed by atoms with Gasteiger partial charge in [-0.05, 0) is 0 Å².